The molecule has 0 aromatic carbocycles. The summed E-state index contributed by atoms with van der Waals surface area (Å²) in [6.07, 6.45) is 0. The highest BCUT2D eigenvalue weighted by Gasteiger charge is 2.14. The number of aromatic nitrogens is 1. The summed E-state index contributed by atoms with van der Waals surface area (Å²) in [7, 11) is 1.51. The molecule has 0 spiro atoms. The molecule has 0 aliphatic rings. The lowest BCUT2D eigenvalue weighted by Gasteiger charge is -2.09. The molecule has 1 rings (SSSR count). The molecule has 0 fully saturated rings. The molecule has 0 aliphatic carbocycles. The third-order valence-electron chi connectivity index (χ3n) is 2.27. The van der Waals surface area contributed by atoms with Gasteiger partial charge in [0.2, 0.25) is 0 Å². The Balaban J connectivity index is 2.49. The molecular formula is C10H16N4O4. The van der Waals surface area contributed by atoms with Crippen molar-refractivity contribution in [2.24, 2.45) is 16.8 Å². The first-order chi connectivity index (χ1) is 8.58. The van der Waals surface area contributed by atoms with Crippen molar-refractivity contribution < 1.29 is 19.3 Å². The maximum Gasteiger partial charge on any atom is 0.273 e. The van der Waals surface area contributed by atoms with E-state index in [1.54, 1.807) is 6.92 Å². The Bertz CT molecular complexity index is 429. The normalized spacial score (nSPS) is 13.3. The number of ether oxygens (including phenoxy) is 1. The SMILES string of the molecule is COCc1cc(C(=O)NCC(C)C(N)=NO)no1. The largest absolute Gasteiger partial charge is 0.409 e. The van der Waals surface area contributed by atoms with Gasteiger partial charge in [-0.1, -0.05) is 17.2 Å². The van der Waals surface area contributed by atoms with Crippen molar-refractivity contribution in [3.63, 3.8) is 0 Å². The van der Waals surface area contributed by atoms with E-state index < -0.39 is 5.91 Å². The summed E-state index contributed by atoms with van der Waals surface area (Å²) in [5, 5.41) is 17.5. The third kappa shape index (κ3) is 3.74. The highest BCUT2D eigenvalue weighted by Crippen LogP contribution is 2.04. The molecule has 18 heavy (non-hydrogen) atoms. The van der Waals surface area contributed by atoms with Crippen molar-refractivity contribution >= 4 is 11.7 Å². The number of nitrogens with one attached hydrogen (secondary N) is 1. The van der Waals surface area contributed by atoms with Crippen molar-refractivity contribution in [3.8, 4) is 0 Å². The monoisotopic (exact) mass is 256 g/mol. The van der Waals surface area contributed by atoms with Gasteiger partial charge in [0.15, 0.2) is 11.5 Å². The topological polar surface area (TPSA) is 123 Å². The predicted octanol–water partition coefficient (Wildman–Crippen LogP) is -0.0667. The molecule has 4 N–H and O–H groups in total. The summed E-state index contributed by atoms with van der Waals surface area (Å²) in [4.78, 5) is 11.7. The van der Waals surface area contributed by atoms with Crippen LogP contribution in [0.5, 0.6) is 0 Å². The molecule has 1 amide bonds. The fourth-order valence-corrected chi connectivity index (χ4v) is 1.17. The Kier molecular flexibility index (Phi) is 5.12. The van der Waals surface area contributed by atoms with Gasteiger partial charge in [-0.05, 0) is 0 Å². The average molecular weight is 256 g/mol. The van der Waals surface area contributed by atoms with Gasteiger partial charge in [0.05, 0.1) is 0 Å². The van der Waals surface area contributed by atoms with Crippen molar-refractivity contribution in [1.29, 1.82) is 0 Å². The lowest BCUT2D eigenvalue weighted by molar-refractivity contribution is 0.0941. The maximum atomic E-state index is 11.7. The number of oxime groups is 1. The zero-order chi connectivity index (χ0) is 13.5. The van der Waals surface area contributed by atoms with Crippen LogP contribution in [0.25, 0.3) is 0 Å². The van der Waals surface area contributed by atoms with E-state index in [4.69, 9.17) is 20.2 Å². The number of hydrogen-bond acceptors (Lipinski definition) is 6. The smallest absolute Gasteiger partial charge is 0.273 e. The second kappa shape index (κ2) is 6.60. The van der Waals surface area contributed by atoms with Crippen LogP contribution in [0.1, 0.15) is 23.2 Å². The summed E-state index contributed by atoms with van der Waals surface area (Å²) in [5.74, 6) is -0.148. The molecule has 0 bridgehead atoms. The molecule has 1 aromatic rings. The number of nitrogens with two attached hydrogens (primary N) is 1. The van der Waals surface area contributed by atoms with Gasteiger partial charge in [-0.2, -0.15) is 0 Å². The van der Waals surface area contributed by atoms with Crippen LogP contribution in [-0.4, -0.2) is 35.8 Å². The van der Waals surface area contributed by atoms with E-state index >= 15 is 0 Å². The highest BCUT2D eigenvalue weighted by molar-refractivity contribution is 5.92. The standard InChI is InChI=1S/C10H16N4O4/c1-6(9(11)13-16)4-12-10(15)8-3-7(5-17-2)18-14-8/h3,6,16H,4-5H2,1-2H3,(H2,11,13)(H,12,15). The van der Waals surface area contributed by atoms with Gasteiger partial charge in [-0.3, -0.25) is 4.79 Å². The number of methoxy groups -OCH3 is 1. The molecule has 1 aromatic heterocycles. The molecule has 8 heteroatoms. The number of nitrogens with zero attached hydrogens (tertiary/aromatic N) is 2. The summed E-state index contributed by atoms with van der Waals surface area (Å²) in [6.45, 7) is 2.20. The average Bonchev–Trinajstić information content (AvgIpc) is 2.83. The van der Waals surface area contributed by atoms with E-state index in [-0.39, 0.29) is 30.6 Å². The number of carbonyl (C=O) groups is 1. The molecule has 1 heterocycles. The van der Waals surface area contributed by atoms with Crippen LogP contribution < -0.4 is 11.1 Å². The Hall–Kier alpha value is -2.09. The molecule has 0 aliphatic heterocycles. The second-order valence-corrected chi connectivity index (χ2v) is 3.75. The van der Waals surface area contributed by atoms with E-state index in [0.29, 0.717) is 5.76 Å². The molecule has 8 nitrogen and oxygen atoms in total. The number of rotatable bonds is 6. The van der Waals surface area contributed by atoms with Gasteiger partial charge in [0.1, 0.15) is 12.4 Å². The molecule has 0 saturated carbocycles. The molecule has 100 valence electrons. The van der Waals surface area contributed by atoms with Gasteiger partial charge < -0.3 is 25.5 Å². The summed E-state index contributed by atoms with van der Waals surface area (Å²) in [5.41, 5.74) is 5.54. The molecule has 0 radical (unpaired) electrons. The first-order valence-corrected chi connectivity index (χ1v) is 5.28. The van der Waals surface area contributed by atoms with Crippen molar-refractivity contribution in [2.75, 3.05) is 13.7 Å². The fraction of sp³-hybridized carbons (Fsp3) is 0.500. The molecule has 1 unspecified atom stereocenters. The first kappa shape index (κ1) is 14.0. The Morgan fingerprint density at radius 1 is 1.78 bits per heavy atom. The van der Waals surface area contributed by atoms with E-state index in [9.17, 15) is 4.79 Å². The molecular weight excluding hydrogens is 240 g/mol. The van der Waals surface area contributed by atoms with Gasteiger partial charge in [0, 0.05) is 25.6 Å². The van der Waals surface area contributed by atoms with Crippen LogP contribution in [0.4, 0.5) is 0 Å². The van der Waals surface area contributed by atoms with Crippen molar-refractivity contribution in [2.45, 2.75) is 13.5 Å². The van der Waals surface area contributed by atoms with Crippen molar-refractivity contribution in [1.82, 2.24) is 10.5 Å². The summed E-state index contributed by atoms with van der Waals surface area (Å²) in [6, 6.07) is 1.49. The van der Waals surface area contributed by atoms with Crippen molar-refractivity contribution in [3.05, 3.63) is 17.5 Å². The van der Waals surface area contributed by atoms with Crippen LogP contribution in [-0.2, 0) is 11.3 Å². The second-order valence-electron chi connectivity index (χ2n) is 3.75. The van der Waals surface area contributed by atoms with Crippen LogP contribution in [0.2, 0.25) is 0 Å². The van der Waals surface area contributed by atoms with E-state index in [1.807, 2.05) is 0 Å². The molecule has 0 saturated heterocycles. The number of hydrogen-bond donors (Lipinski definition) is 3. The Labute approximate surface area is 104 Å². The predicted molar refractivity (Wildman–Crippen MR) is 62.1 cm³/mol. The fourth-order valence-electron chi connectivity index (χ4n) is 1.17. The number of amides is 1. The van der Waals surface area contributed by atoms with E-state index in [0.717, 1.165) is 0 Å². The van der Waals surface area contributed by atoms with Gasteiger partial charge in [-0.25, -0.2) is 0 Å². The molecule has 1 atom stereocenters. The van der Waals surface area contributed by atoms with Crippen LogP contribution in [0, 0.1) is 5.92 Å². The van der Waals surface area contributed by atoms with Gasteiger partial charge in [-0.15, -0.1) is 0 Å². The minimum atomic E-state index is -0.390. The third-order valence-corrected chi connectivity index (χ3v) is 2.27. The van der Waals surface area contributed by atoms with E-state index in [2.05, 4.69) is 15.6 Å². The zero-order valence-electron chi connectivity index (χ0n) is 10.2. The quantitative estimate of drug-likeness (QED) is 0.283. The lowest BCUT2D eigenvalue weighted by Crippen LogP contribution is -2.34. The van der Waals surface area contributed by atoms with Crippen LogP contribution in [0.3, 0.4) is 0 Å². The summed E-state index contributed by atoms with van der Waals surface area (Å²) >= 11 is 0. The Morgan fingerprint density at radius 2 is 2.50 bits per heavy atom. The minimum Gasteiger partial charge on any atom is -0.409 e. The van der Waals surface area contributed by atoms with Gasteiger partial charge >= 0.3 is 0 Å². The lowest BCUT2D eigenvalue weighted by atomic mass is 10.1. The van der Waals surface area contributed by atoms with Crippen LogP contribution in [0.15, 0.2) is 15.7 Å². The minimum absolute atomic E-state index is 0.0514. The first-order valence-electron chi connectivity index (χ1n) is 5.28. The number of carbonyl (C=O) groups excluding carboxylic acids is 1. The van der Waals surface area contributed by atoms with Gasteiger partial charge in [0.25, 0.3) is 5.91 Å². The van der Waals surface area contributed by atoms with E-state index in [1.165, 1.54) is 13.2 Å². The highest BCUT2D eigenvalue weighted by atomic mass is 16.5. The number of amidine groups is 1. The summed E-state index contributed by atoms with van der Waals surface area (Å²) < 4.78 is 9.72. The van der Waals surface area contributed by atoms with Crippen LogP contribution >= 0.6 is 0 Å². The zero-order valence-corrected chi connectivity index (χ0v) is 10.2. The Morgan fingerprint density at radius 3 is 3.11 bits per heavy atom. The maximum absolute atomic E-state index is 11.7.